The van der Waals surface area contributed by atoms with Gasteiger partial charge >= 0.3 is 0 Å². The van der Waals surface area contributed by atoms with E-state index >= 15 is 0 Å². The fourth-order valence-corrected chi connectivity index (χ4v) is 2.46. The maximum absolute atomic E-state index is 12.2. The summed E-state index contributed by atoms with van der Waals surface area (Å²) < 4.78 is 1.64. The van der Waals surface area contributed by atoms with Crippen molar-refractivity contribution < 1.29 is 4.79 Å². The Labute approximate surface area is 138 Å². The molecule has 1 aliphatic heterocycles. The molecule has 1 aliphatic rings. The maximum Gasteiger partial charge on any atom is 0.263 e. The van der Waals surface area contributed by atoms with Crippen LogP contribution < -0.4 is 0 Å². The van der Waals surface area contributed by atoms with Gasteiger partial charge in [-0.15, -0.1) is 0 Å². The summed E-state index contributed by atoms with van der Waals surface area (Å²) in [6.45, 7) is 8.11. The first-order chi connectivity index (χ1) is 10.5. The highest BCUT2D eigenvalue weighted by atomic mass is 32.2. The molecule has 0 spiro atoms. The minimum Gasteiger partial charge on any atom is -0.286 e. The molecule has 0 aliphatic carbocycles. The third kappa shape index (κ3) is 4.47. The maximum atomic E-state index is 12.2. The number of aryl methyl sites for hydroxylation is 1. The van der Waals surface area contributed by atoms with Gasteiger partial charge in [-0.25, -0.2) is 0 Å². The highest BCUT2D eigenvalue weighted by molar-refractivity contribution is 7.96. The normalized spacial score (nSPS) is 13.5. The topological polar surface area (TPSA) is 32.7 Å². The summed E-state index contributed by atoms with van der Waals surface area (Å²) in [6, 6.07) is 5.84. The molecule has 0 unspecified atom stereocenters. The third-order valence-electron chi connectivity index (χ3n) is 3.48. The molecule has 1 aromatic carbocycles. The lowest BCUT2D eigenvalue weighted by Gasteiger charge is -2.16. The molecule has 0 saturated carbocycles. The fourth-order valence-electron chi connectivity index (χ4n) is 2.19. The van der Waals surface area contributed by atoms with Crippen LogP contribution in [0.3, 0.4) is 0 Å². The van der Waals surface area contributed by atoms with Gasteiger partial charge in [-0.3, -0.25) is 14.1 Å². The molecule has 0 aromatic heterocycles. The average molecular weight is 318 g/mol. The van der Waals surface area contributed by atoms with E-state index in [-0.39, 0.29) is 5.91 Å². The van der Waals surface area contributed by atoms with Crippen molar-refractivity contribution in [1.29, 1.82) is 0 Å². The van der Waals surface area contributed by atoms with Gasteiger partial charge in [-0.2, -0.15) is 0 Å². The van der Waals surface area contributed by atoms with Crippen molar-refractivity contribution in [3.8, 4) is 0 Å². The van der Waals surface area contributed by atoms with Gasteiger partial charge in [0, 0.05) is 30.1 Å². The molecule has 1 amide bonds. The molecule has 2 rings (SSSR count). The first-order valence-corrected chi connectivity index (χ1v) is 8.88. The summed E-state index contributed by atoms with van der Waals surface area (Å²) in [5.41, 5.74) is 5.07. The van der Waals surface area contributed by atoms with E-state index in [2.05, 4.69) is 24.9 Å². The number of rotatable bonds is 3. The molecule has 0 radical (unpaired) electrons. The van der Waals surface area contributed by atoms with E-state index in [4.69, 9.17) is 0 Å². The number of aliphatic imine (C=N–C) groups is 1. The van der Waals surface area contributed by atoms with E-state index in [1.165, 1.54) is 11.9 Å². The smallest absolute Gasteiger partial charge is 0.263 e. The standard InChI is InChI=1S/C16H20N2OS.C2H6/c1-11-8-9-13(16(19)18(3)20-4)10-14(11)15-7-5-6-12(2)17-15;1-2/h7-10H,5-6H2,1-4H3;1-2H3. The van der Waals surface area contributed by atoms with E-state index in [1.54, 1.807) is 11.4 Å². The van der Waals surface area contributed by atoms with Gasteiger partial charge in [0.2, 0.25) is 0 Å². The summed E-state index contributed by atoms with van der Waals surface area (Å²) in [6.07, 6.45) is 6.09. The monoisotopic (exact) mass is 318 g/mol. The summed E-state index contributed by atoms with van der Waals surface area (Å²) in [4.78, 5) is 16.9. The Bertz CT molecular complexity index is 591. The van der Waals surface area contributed by atoms with Gasteiger partial charge in [0.05, 0.1) is 5.70 Å². The van der Waals surface area contributed by atoms with Crippen molar-refractivity contribution in [2.45, 2.75) is 40.5 Å². The van der Waals surface area contributed by atoms with Crippen LogP contribution in [0.15, 0.2) is 29.3 Å². The second kappa shape index (κ2) is 8.79. The molecule has 0 fully saturated rings. The van der Waals surface area contributed by atoms with Crippen LogP contribution >= 0.6 is 11.9 Å². The number of carbonyl (C=O) groups excluding carboxylic acids is 1. The minimum absolute atomic E-state index is 0.0239. The first kappa shape index (κ1) is 18.5. The molecular weight excluding hydrogens is 292 g/mol. The Morgan fingerprint density at radius 1 is 1.27 bits per heavy atom. The fraction of sp³-hybridized carbons (Fsp3) is 0.444. The van der Waals surface area contributed by atoms with Gasteiger partial charge in [0.25, 0.3) is 5.91 Å². The molecule has 1 heterocycles. The van der Waals surface area contributed by atoms with Crippen LogP contribution in [0.1, 0.15) is 55.1 Å². The minimum atomic E-state index is 0.0239. The summed E-state index contributed by atoms with van der Waals surface area (Å²) in [5.74, 6) is 0.0239. The highest BCUT2D eigenvalue weighted by Gasteiger charge is 2.15. The van der Waals surface area contributed by atoms with E-state index in [1.807, 2.05) is 38.3 Å². The van der Waals surface area contributed by atoms with Crippen molar-refractivity contribution in [1.82, 2.24) is 4.31 Å². The molecule has 3 nitrogen and oxygen atoms in total. The zero-order valence-electron chi connectivity index (χ0n) is 14.4. The SMILES string of the molecule is CC.CSN(C)C(=O)c1ccc(C)c(C2=CCCC(C)=N2)c1. The Hall–Kier alpha value is -1.55. The Morgan fingerprint density at radius 2 is 1.95 bits per heavy atom. The zero-order valence-corrected chi connectivity index (χ0v) is 15.3. The van der Waals surface area contributed by atoms with Crippen LogP contribution in [-0.4, -0.2) is 29.2 Å². The molecule has 120 valence electrons. The lowest BCUT2D eigenvalue weighted by molar-refractivity contribution is 0.0892. The van der Waals surface area contributed by atoms with Gasteiger partial charge < -0.3 is 0 Å². The van der Waals surface area contributed by atoms with Gasteiger partial charge in [0.15, 0.2) is 0 Å². The van der Waals surface area contributed by atoms with E-state index in [0.29, 0.717) is 5.56 Å². The van der Waals surface area contributed by atoms with Crippen LogP contribution in [0, 0.1) is 6.92 Å². The number of hydrogen-bond donors (Lipinski definition) is 0. The second-order valence-electron chi connectivity index (χ2n) is 4.99. The number of carbonyl (C=O) groups is 1. The number of amides is 1. The molecule has 0 atom stereocenters. The van der Waals surface area contributed by atoms with Crippen LogP contribution in [0.2, 0.25) is 0 Å². The summed E-state index contributed by atoms with van der Waals surface area (Å²) >= 11 is 1.42. The molecule has 22 heavy (non-hydrogen) atoms. The van der Waals surface area contributed by atoms with E-state index in [0.717, 1.165) is 35.4 Å². The summed E-state index contributed by atoms with van der Waals surface area (Å²) in [5, 5.41) is 0. The van der Waals surface area contributed by atoms with Gasteiger partial charge in [-0.05, 0) is 44.4 Å². The third-order valence-corrected chi connectivity index (χ3v) is 4.19. The predicted octanol–water partition coefficient (Wildman–Crippen LogP) is 4.97. The second-order valence-corrected chi connectivity index (χ2v) is 5.90. The quantitative estimate of drug-likeness (QED) is 0.737. The lowest BCUT2D eigenvalue weighted by atomic mass is 9.99. The Balaban J connectivity index is 0.00000116. The highest BCUT2D eigenvalue weighted by Crippen LogP contribution is 2.26. The van der Waals surface area contributed by atoms with E-state index < -0.39 is 0 Å². The van der Waals surface area contributed by atoms with Crippen molar-refractivity contribution in [2.24, 2.45) is 4.99 Å². The number of allylic oxidation sites excluding steroid dienone is 1. The number of benzene rings is 1. The van der Waals surface area contributed by atoms with Gasteiger partial charge in [-0.1, -0.05) is 37.9 Å². The molecule has 1 aromatic rings. The van der Waals surface area contributed by atoms with Crippen LogP contribution in [0.5, 0.6) is 0 Å². The van der Waals surface area contributed by atoms with Crippen LogP contribution in [-0.2, 0) is 0 Å². The molecule has 0 saturated heterocycles. The molecule has 0 N–H and O–H groups in total. The lowest BCUT2D eigenvalue weighted by Crippen LogP contribution is -2.19. The van der Waals surface area contributed by atoms with Crippen molar-refractivity contribution in [3.63, 3.8) is 0 Å². The average Bonchev–Trinajstić information content (AvgIpc) is 2.55. The van der Waals surface area contributed by atoms with Crippen molar-refractivity contribution >= 4 is 29.3 Å². The number of nitrogens with zero attached hydrogens (tertiary/aromatic N) is 2. The van der Waals surface area contributed by atoms with Crippen molar-refractivity contribution in [3.05, 3.63) is 41.0 Å². The van der Waals surface area contributed by atoms with Crippen LogP contribution in [0.4, 0.5) is 0 Å². The zero-order chi connectivity index (χ0) is 16.7. The molecule has 4 heteroatoms. The summed E-state index contributed by atoms with van der Waals surface area (Å²) in [7, 11) is 1.79. The molecular formula is C18H26N2OS. The van der Waals surface area contributed by atoms with Crippen molar-refractivity contribution in [2.75, 3.05) is 13.3 Å². The number of hydrogen-bond acceptors (Lipinski definition) is 3. The Morgan fingerprint density at radius 3 is 2.55 bits per heavy atom. The first-order valence-electron chi connectivity index (χ1n) is 7.70. The predicted molar refractivity (Wildman–Crippen MR) is 98.5 cm³/mol. The van der Waals surface area contributed by atoms with Crippen LogP contribution in [0.25, 0.3) is 5.70 Å². The Kier molecular flexibility index (Phi) is 7.39. The van der Waals surface area contributed by atoms with E-state index in [9.17, 15) is 4.79 Å². The largest absolute Gasteiger partial charge is 0.286 e. The van der Waals surface area contributed by atoms with Gasteiger partial charge in [0.1, 0.15) is 0 Å². The molecule has 0 bridgehead atoms.